The molecule has 24 heavy (non-hydrogen) atoms. The first kappa shape index (κ1) is 14.3. The third kappa shape index (κ3) is 2.48. The maximum absolute atomic E-state index is 13.7. The van der Waals surface area contributed by atoms with Crippen molar-refractivity contribution < 1.29 is 4.39 Å². The molecule has 0 bridgehead atoms. The molecule has 0 atom stereocenters. The maximum atomic E-state index is 13.7. The minimum absolute atomic E-state index is 0.285. The number of hydrogen-bond acceptors (Lipinski definition) is 4. The van der Waals surface area contributed by atoms with Crippen molar-refractivity contribution in [3.63, 3.8) is 0 Å². The summed E-state index contributed by atoms with van der Waals surface area (Å²) in [6, 6.07) is 11.7. The van der Waals surface area contributed by atoms with E-state index in [1.807, 2.05) is 18.2 Å². The zero-order chi connectivity index (χ0) is 16.5. The fourth-order valence-electron chi connectivity index (χ4n) is 2.74. The zero-order valence-electron chi connectivity index (χ0n) is 12.6. The highest BCUT2D eigenvalue weighted by atomic mass is 19.1. The topological polar surface area (TPSA) is 70.7 Å². The van der Waals surface area contributed by atoms with E-state index in [4.69, 9.17) is 0 Å². The van der Waals surface area contributed by atoms with E-state index in [9.17, 15) is 9.18 Å². The van der Waals surface area contributed by atoms with Crippen LogP contribution in [0.25, 0.3) is 21.7 Å². The molecule has 4 aromatic rings. The Morgan fingerprint density at radius 1 is 1.12 bits per heavy atom. The smallest absolute Gasteiger partial charge is 0.258 e. The van der Waals surface area contributed by atoms with E-state index in [0.29, 0.717) is 34.0 Å². The lowest BCUT2D eigenvalue weighted by Gasteiger charge is -2.11. The molecule has 118 valence electrons. The summed E-state index contributed by atoms with van der Waals surface area (Å²) in [7, 11) is 0. The highest BCUT2D eigenvalue weighted by Crippen LogP contribution is 2.28. The molecule has 6 heteroatoms. The van der Waals surface area contributed by atoms with Crippen LogP contribution in [-0.4, -0.2) is 15.0 Å². The van der Waals surface area contributed by atoms with Gasteiger partial charge in [0.05, 0.1) is 23.1 Å². The first-order valence-corrected chi connectivity index (χ1v) is 7.47. The Morgan fingerprint density at radius 2 is 2.04 bits per heavy atom. The van der Waals surface area contributed by atoms with E-state index in [2.05, 4.69) is 20.3 Å². The summed E-state index contributed by atoms with van der Waals surface area (Å²) >= 11 is 0. The van der Waals surface area contributed by atoms with Gasteiger partial charge in [-0.15, -0.1) is 0 Å². The molecule has 5 nitrogen and oxygen atoms in total. The molecule has 1 aromatic carbocycles. The first-order valence-electron chi connectivity index (χ1n) is 7.47. The SMILES string of the molecule is O=c1[nH]ccc2nc(NCc3ccccn3)c3ccc(F)cc3c12. The second-order valence-corrected chi connectivity index (χ2v) is 5.39. The minimum atomic E-state index is -0.395. The van der Waals surface area contributed by atoms with E-state index in [-0.39, 0.29) is 5.56 Å². The van der Waals surface area contributed by atoms with Crippen LogP contribution in [0.2, 0.25) is 0 Å². The number of rotatable bonds is 3. The molecule has 0 aliphatic heterocycles. The number of pyridine rings is 3. The molecule has 0 aliphatic carbocycles. The lowest BCUT2D eigenvalue weighted by Crippen LogP contribution is -2.09. The van der Waals surface area contributed by atoms with Crippen LogP contribution in [0.5, 0.6) is 0 Å². The molecule has 0 aliphatic rings. The van der Waals surface area contributed by atoms with E-state index in [1.165, 1.54) is 18.3 Å². The van der Waals surface area contributed by atoms with Crippen LogP contribution in [0, 0.1) is 5.82 Å². The van der Waals surface area contributed by atoms with Gasteiger partial charge in [0.15, 0.2) is 0 Å². The normalized spacial score (nSPS) is 11.0. The van der Waals surface area contributed by atoms with Crippen LogP contribution in [-0.2, 0) is 6.54 Å². The molecule has 0 saturated carbocycles. The molecule has 3 aromatic heterocycles. The average Bonchev–Trinajstić information content (AvgIpc) is 2.60. The Kier molecular flexibility index (Phi) is 3.42. The molecule has 0 saturated heterocycles. The van der Waals surface area contributed by atoms with Crippen molar-refractivity contribution in [2.45, 2.75) is 6.54 Å². The van der Waals surface area contributed by atoms with Gasteiger partial charge in [0.2, 0.25) is 0 Å². The van der Waals surface area contributed by atoms with Gasteiger partial charge in [-0.1, -0.05) is 6.07 Å². The summed E-state index contributed by atoms with van der Waals surface area (Å²) in [5, 5.41) is 4.84. The van der Waals surface area contributed by atoms with Gasteiger partial charge >= 0.3 is 0 Å². The second kappa shape index (κ2) is 5.73. The number of H-pyrrole nitrogens is 1. The Bertz CT molecular complexity index is 1090. The molecule has 0 fully saturated rings. The summed E-state index contributed by atoms with van der Waals surface area (Å²) in [5.41, 5.74) is 1.09. The number of aromatic amines is 1. The monoisotopic (exact) mass is 320 g/mol. The molecule has 4 rings (SSSR count). The van der Waals surface area contributed by atoms with Gasteiger partial charge in [-0.3, -0.25) is 9.78 Å². The van der Waals surface area contributed by atoms with Gasteiger partial charge in [0.25, 0.3) is 5.56 Å². The number of benzene rings is 1. The minimum Gasteiger partial charge on any atom is -0.364 e. The summed E-state index contributed by atoms with van der Waals surface area (Å²) in [4.78, 5) is 23.5. The van der Waals surface area contributed by atoms with Gasteiger partial charge in [-0.2, -0.15) is 0 Å². The van der Waals surface area contributed by atoms with E-state index >= 15 is 0 Å². The fourth-order valence-corrected chi connectivity index (χ4v) is 2.74. The largest absolute Gasteiger partial charge is 0.364 e. The Balaban J connectivity index is 1.89. The highest BCUT2D eigenvalue weighted by Gasteiger charge is 2.11. The third-order valence-corrected chi connectivity index (χ3v) is 3.84. The summed E-state index contributed by atoms with van der Waals surface area (Å²) in [6.07, 6.45) is 3.25. The lowest BCUT2D eigenvalue weighted by atomic mass is 10.1. The summed E-state index contributed by atoms with van der Waals surface area (Å²) in [5.74, 6) is 0.197. The average molecular weight is 320 g/mol. The predicted octanol–water partition coefficient (Wildman–Crippen LogP) is 3.22. The van der Waals surface area contributed by atoms with E-state index in [1.54, 1.807) is 18.3 Å². The standard InChI is InChI=1S/C18H13FN4O/c19-11-4-5-13-14(9-11)16-15(6-8-21-18(16)24)23-17(13)22-10-12-3-1-2-7-20-12/h1-9H,10H2,(H,21,24)(H,22,23). The second-order valence-electron chi connectivity index (χ2n) is 5.39. The van der Waals surface area contributed by atoms with Crippen LogP contribution in [0.4, 0.5) is 10.2 Å². The Labute approximate surface area is 136 Å². The van der Waals surface area contributed by atoms with Crippen LogP contribution >= 0.6 is 0 Å². The van der Waals surface area contributed by atoms with Gasteiger partial charge in [-0.25, -0.2) is 9.37 Å². The molecule has 2 N–H and O–H groups in total. The number of anilines is 1. The van der Waals surface area contributed by atoms with E-state index in [0.717, 1.165) is 5.69 Å². The van der Waals surface area contributed by atoms with Crippen molar-refractivity contribution in [3.8, 4) is 0 Å². The van der Waals surface area contributed by atoms with Crippen LogP contribution in [0.15, 0.2) is 59.7 Å². The van der Waals surface area contributed by atoms with Crippen molar-refractivity contribution in [2.75, 3.05) is 5.32 Å². The van der Waals surface area contributed by atoms with Gasteiger partial charge in [0.1, 0.15) is 11.6 Å². The van der Waals surface area contributed by atoms with Crippen LogP contribution in [0.1, 0.15) is 5.69 Å². The summed E-state index contributed by atoms with van der Waals surface area (Å²) < 4.78 is 13.7. The third-order valence-electron chi connectivity index (χ3n) is 3.84. The van der Waals surface area contributed by atoms with Crippen molar-refractivity contribution in [1.29, 1.82) is 0 Å². The molecule has 0 amide bonds. The Morgan fingerprint density at radius 3 is 2.88 bits per heavy atom. The van der Waals surface area contributed by atoms with Crippen molar-refractivity contribution in [2.24, 2.45) is 0 Å². The van der Waals surface area contributed by atoms with Crippen molar-refractivity contribution in [3.05, 3.63) is 76.7 Å². The highest BCUT2D eigenvalue weighted by molar-refractivity contribution is 6.09. The number of aromatic nitrogens is 3. The fraction of sp³-hybridized carbons (Fsp3) is 0.0556. The van der Waals surface area contributed by atoms with Crippen molar-refractivity contribution in [1.82, 2.24) is 15.0 Å². The molecule has 0 spiro atoms. The van der Waals surface area contributed by atoms with Crippen LogP contribution < -0.4 is 10.9 Å². The van der Waals surface area contributed by atoms with Crippen LogP contribution in [0.3, 0.4) is 0 Å². The maximum Gasteiger partial charge on any atom is 0.258 e. The number of fused-ring (bicyclic) bond motifs is 3. The number of nitrogens with zero attached hydrogens (tertiary/aromatic N) is 2. The number of hydrogen-bond donors (Lipinski definition) is 2. The summed E-state index contributed by atoms with van der Waals surface area (Å²) in [6.45, 7) is 0.481. The molecule has 0 unspecified atom stereocenters. The van der Waals surface area contributed by atoms with Gasteiger partial charge in [0, 0.05) is 23.2 Å². The molecule has 3 heterocycles. The number of halogens is 1. The first-order chi connectivity index (χ1) is 11.7. The Hall–Kier alpha value is -3.28. The van der Waals surface area contributed by atoms with Gasteiger partial charge in [-0.05, 0) is 36.4 Å². The predicted molar refractivity (Wildman–Crippen MR) is 91.4 cm³/mol. The molecular formula is C18H13FN4O. The lowest BCUT2D eigenvalue weighted by molar-refractivity contribution is 0.630. The molecule has 0 radical (unpaired) electrons. The van der Waals surface area contributed by atoms with E-state index < -0.39 is 5.82 Å². The van der Waals surface area contributed by atoms with Gasteiger partial charge < -0.3 is 10.3 Å². The van der Waals surface area contributed by atoms with Crippen molar-refractivity contribution >= 4 is 27.5 Å². The quantitative estimate of drug-likeness (QED) is 0.569. The molecular weight excluding hydrogens is 307 g/mol. The number of nitrogens with one attached hydrogen (secondary N) is 2. The zero-order valence-corrected chi connectivity index (χ0v) is 12.6.